The van der Waals surface area contributed by atoms with E-state index in [1.165, 1.54) is 55.2 Å². The van der Waals surface area contributed by atoms with Crippen molar-refractivity contribution in [2.75, 3.05) is 6.54 Å². The normalized spacial score (nSPS) is 16.8. The summed E-state index contributed by atoms with van der Waals surface area (Å²) in [5.74, 6) is 2.57. The molecule has 7 aromatic carbocycles. The SMILES string of the molecule is C1=C(C2N=C(c3ccccc3)N=C(c3ccccc3)N2)CNC(n2c3ccccc3c3cc4c(cc32)C(c2ccccc2)(c2ccccc2)c2ccccc2-4)=C1. The maximum Gasteiger partial charge on any atom is 0.159 e. The molecule has 0 bridgehead atoms. The lowest BCUT2D eigenvalue weighted by Crippen LogP contribution is -2.42. The quantitative estimate of drug-likeness (QED) is 0.180. The van der Waals surface area contributed by atoms with Gasteiger partial charge in [-0.05, 0) is 63.2 Å². The zero-order chi connectivity index (χ0) is 37.1. The van der Waals surface area contributed by atoms with Crippen LogP contribution in [-0.2, 0) is 5.41 Å². The Morgan fingerprint density at radius 3 is 1.86 bits per heavy atom. The van der Waals surface area contributed by atoms with Crippen LogP contribution in [0.25, 0.3) is 38.8 Å². The highest BCUT2D eigenvalue weighted by Gasteiger charge is 2.46. The number of nitrogens with zero attached hydrogens (tertiary/aromatic N) is 3. The number of hydrogen-bond acceptors (Lipinski definition) is 4. The van der Waals surface area contributed by atoms with Crippen LogP contribution < -0.4 is 10.6 Å². The molecule has 1 unspecified atom stereocenters. The van der Waals surface area contributed by atoms with Gasteiger partial charge in [0.25, 0.3) is 0 Å². The standard InChI is InChI=1S/C51H37N5/c1-5-17-34(18-6-1)48-53-49(35-19-7-2-8-20-35)55-50(54-48)36-29-30-47(52-33-36)56-45-28-16-14-26-40(45)42-31-41-39-25-13-15-27-43(39)51(44(41)32-46(42)56,37-21-9-3-10-22-37)38-23-11-4-12-24-38/h1-32,50,52H,33H2,(H,53,54,55). The lowest BCUT2D eigenvalue weighted by molar-refractivity contribution is 0.679. The Morgan fingerprint density at radius 1 is 0.536 bits per heavy atom. The Balaban J connectivity index is 1.08. The molecular formula is C51H37N5. The number of aliphatic imine (C=N–C) groups is 2. The Kier molecular flexibility index (Phi) is 7.46. The number of hydrogen-bond donors (Lipinski definition) is 2. The molecule has 1 aliphatic carbocycles. The lowest BCUT2D eigenvalue weighted by Gasteiger charge is -2.34. The first-order valence-corrected chi connectivity index (χ1v) is 19.2. The Hall–Kier alpha value is -7.24. The van der Waals surface area contributed by atoms with Crippen molar-refractivity contribution < 1.29 is 0 Å². The summed E-state index contributed by atoms with van der Waals surface area (Å²) in [4.78, 5) is 10.1. The second-order valence-corrected chi connectivity index (χ2v) is 14.6. The van der Waals surface area contributed by atoms with Crippen LogP contribution in [0.15, 0.2) is 210 Å². The van der Waals surface area contributed by atoms with Gasteiger partial charge in [0.05, 0.1) is 16.4 Å². The molecule has 1 aromatic heterocycles. The number of benzene rings is 7. The summed E-state index contributed by atoms with van der Waals surface area (Å²) < 4.78 is 2.41. The summed E-state index contributed by atoms with van der Waals surface area (Å²) >= 11 is 0. The Labute approximate surface area is 325 Å². The summed E-state index contributed by atoms with van der Waals surface area (Å²) in [7, 11) is 0. The fraction of sp³-hybridized carbons (Fsp3) is 0.0588. The number of allylic oxidation sites excluding steroid dienone is 2. The third kappa shape index (κ3) is 4.94. The third-order valence-electron chi connectivity index (χ3n) is 11.6. The first kappa shape index (κ1) is 32.2. The number of fused-ring (bicyclic) bond motifs is 6. The molecule has 2 N–H and O–H groups in total. The summed E-state index contributed by atoms with van der Waals surface area (Å²) in [6, 6.07) is 65.2. The van der Waals surface area contributed by atoms with Crippen LogP contribution in [-0.4, -0.2) is 28.9 Å². The number of rotatable bonds is 6. The highest BCUT2D eigenvalue weighted by Crippen LogP contribution is 2.57. The second-order valence-electron chi connectivity index (χ2n) is 14.6. The largest absolute Gasteiger partial charge is 0.367 e. The van der Waals surface area contributed by atoms with Crippen molar-refractivity contribution in [1.29, 1.82) is 0 Å². The highest BCUT2D eigenvalue weighted by atomic mass is 15.2. The fourth-order valence-corrected chi connectivity index (χ4v) is 9.10. The van der Waals surface area contributed by atoms with E-state index in [0.717, 1.165) is 34.2 Å². The molecular weight excluding hydrogens is 683 g/mol. The molecule has 0 fully saturated rings. The zero-order valence-electron chi connectivity index (χ0n) is 30.6. The van der Waals surface area contributed by atoms with Gasteiger partial charge < -0.3 is 10.6 Å². The zero-order valence-corrected chi connectivity index (χ0v) is 30.6. The Morgan fingerprint density at radius 2 is 1.16 bits per heavy atom. The number of nitrogens with one attached hydrogen (secondary N) is 2. The van der Waals surface area contributed by atoms with E-state index in [9.17, 15) is 0 Å². The van der Waals surface area contributed by atoms with Crippen LogP contribution in [0.5, 0.6) is 0 Å². The van der Waals surface area contributed by atoms with Gasteiger partial charge in [-0.3, -0.25) is 4.57 Å². The predicted molar refractivity (Wildman–Crippen MR) is 230 cm³/mol. The molecule has 1 atom stereocenters. The van der Waals surface area contributed by atoms with Crippen molar-refractivity contribution in [2.45, 2.75) is 11.6 Å². The topological polar surface area (TPSA) is 53.7 Å². The fourth-order valence-electron chi connectivity index (χ4n) is 9.10. The van der Waals surface area contributed by atoms with Gasteiger partial charge in [0, 0.05) is 28.4 Å². The third-order valence-corrected chi connectivity index (χ3v) is 11.6. The molecule has 3 heterocycles. The molecule has 2 aliphatic heterocycles. The van der Waals surface area contributed by atoms with Crippen molar-refractivity contribution in [3.05, 3.63) is 233 Å². The van der Waals surface area contributed by atoms with Gasteiger partial charge in [-0.2, -0.15) is 0 Å². The maximum atomic E-state index is 5.15. The summed E-state index contributed by atoms with van der Waals surface area (Å²) in [5.41, 5.74) is 12.7. The van der Waals surface area contributed by atoms with E-state index in [0.29, 0.717) is 6.54 Å². The van der Waals surface area contributed by atoms with Crippen molar-refractivity contribution in [1.82, 2.24) is 15.2 Å². The van der Waals surface area contributed by atoms with E-state index in [4.69, 9.17) is 9.98 Å². The van der Waals surface area contributed by atoms with E-state index in [1.807, 2.05) is 36.4 Å². The van der Waals surface area contributed by atoms with Gasteiger partial charge in [0.1, 0.15) is 17.8 Å². The van der Waals surface area contributed by atoms with Crippen LogP contribution in [0.2, 0.25) is 0 Å². The van der Waals surface area contributed by atoms with Gasteiger partial charge in [-0.25, -0.2) is 9.98 Å². The van der Waals surface area contributed by atoms with Crippen molar-refractivity contribution in [3.8, 4) is 11.1 Å². The second kappa shape index (κ2) is 13.0. The van der Waals surface area contributed by atoms with Crippen molar-refractivity contribution in [3.63, 3.8) is 0 Å². The molecule has 0 radical (unpaired) electrons. The average Bonchev–Trinajstić information content (AvgIpc) is 3.76. The van der Waals surface area contributed by atoms with Crippen LogP contribution >= 0.6 is 0 Å². The minimum absolute atomic E-state index is 0.277. The molecule has 5 heteroatoms. The number of amidine groups is 2. The van der Waals surface area contributed by atoms with Gasteiger partial charge in [-0.15, -0.1) is 0 Å². The molecule has 56 heavy (non-hydrogen) atoms. The van der Waals surface area contributed by atoms with Gasteiger partial charge in [0.15, 0.2) is 5.84 Å². The molecule has 5 nitrogen and oxygen atoms in total. The smallest absolute Gasteiger partial charge is 0.159 e. The highest BCUT2D eigenvalue weighted by molar-refractivity contribution is 6.14. The molecule has 8 aromatic rings. The molecule has 11 rings (SSSR count). The van der Waals surface area contributed by atoms with Crippen LogP contribution in [0.1, 0.15) is 33.4 Å². The van der Waals surface area contributed by atoms with E-state index >= 15 is 0 Å². The molecule has 0 saturated heterocycles. The molecule has 3 aliphatic rings. The van der Waals surface area contributed by atoms with Crippen LogP contribution in [0.4, 0.5) is 0 Å². The molecule has 266 valence electrons. The minimum atomic E-state index is -0.482. The van der Waals surface area contributed by atoms with E-state index < -0.39 is 5.41 Å². The molecule has 0 saturated carbocycles. The number of aromatic nitrogens is 1. The maximum absolute atomic E-state index is 5.15. The van der Waals surface area contributed by atoms with Crippen LogP contribution in [0, 0.1) is 0 Å². The van der Waals surface area contributed by atoms with Crippen molar-refractivity contribution >= 4 is 39.3 Å². The molecule has 0 amide bonds. The number of dihydropyridines is 1. The van der Waals surface area contributed by atoms with E-state index in [-0.39, 0.29) is 6.17 Å². The van der Waals surface area contributed by atoms with Gasteiger partial charge >= 0.3 is 0 Å². The Bertz CT molecular complexity index is 2880. The minimum Gasteiger partial charge on any atom is -0.367 e. The number of para-hydroxylation sites is 1. The van der Waals surface area contributed by atoms with Crippen LogP contribution in [0.3, 0.4) is 0 Å². The summed E-state index contributed by atoms with van der Waals surface area (Å²) in [6.07, 6.45) is 4.16. The van der Waals surface area contributed by atoms with Gasteiger partial charge in [-0.1, -0.05) is 170 Å². The van der Waals surface area contributed by atoms with E-state index in [1.54, 1.807) is 0 Å². The van der Waals surface area contributed by atoms with Crippen molar-refractivity contribution in [2.24, 2.45) is 9.98 Å². The predicted octanol–water partition coefficient (Wildman–Crippen LogP) is 10.3. The average molecular weight is 720 g/mol. The van der Waals surface area contributed by atoms with Gasteiger partial charge in [0.2, 0.25) is 0 Å². The monoisotopic (exact) mass is 719 g/mol. The summed E-state index contributed by atoms with van der Waals surface area (Å²) in [5, 5.41) is 9.94. The molecule has 0 spiro atoms. The lowest BCUT2D eigenvalue weighted by atomic mass is 9.67. The first-order valence-electron chi connectivity index (χ1n) is 19.2. The first-order chi connectivity index (χ1) is 27.8. The van der Waals surface area contributed by atoms with E-state index in [2.05, 4.69) is 173 Å². The summed E-state index contributed by atoms with van der Waals surface area (Å²) in [6.45, 7) is 0.624.